The second-order valence-electron chi connectivity index (χ2n) is 7.23. The molecule has 100 valence electrons. The first kappa shape index (κ1) is 11.8. The van der Waals surface area contributed by atoms with Crippen LogP contribution in [0.3, 0.4) is 0 Å². The first-order valence-corrected chi connectivity index (χ1v) is 8.01. The molecule has 1 fully saturated rings. The van der Waals surface area contributed by atoms with Crippen molar-refractivity contribution in [3.8, 4) is 0 Å². The summed E-state index contributed by atoms with van der Waals surface area (Å²) in [6, 6.07) is 7.14. The van der Waals surface area contributed by atoms with Crippen LogP contribution < -0.4 is 0 Å². The van der Waals surface area contributed by atoms with Crippen LogP contribution in [0.4, 0.5) is 0 Å². The maximum Gasteiger partial charge on any atom is 0.00244 e. The smallest absolute Gasteiger partial charge is 0.00244 e. The first-order chi connectivity index (χ1) is 9.21. The fourth-order valence-electron chi connectivity index (χ4n) is 5.16. The van der Waals surface area contributed by atoms with Crippen molar-refractivity contribution in [1.29, 1.82) is 0 Å². The lowest BCUT2D eigenvalue weighted by Crippen LogP contribution is -2.35. The Morgan fingerprint density at radius 3 is 2.79 bits per heavy atom. The number of benzene rings is 1. The van der Waals surface area contributed by atoms with Crippen molar-refractivity contribution in [3.05, 3.63) is 47.0 Å². The van der Waals surface area contributed by atoms with E-state index in [4.69, 9.17) is 0 Å². The Morgan fingerprint density at radius 2 is 2.11 bits per heavy atom. The summed E-state index contributed by atoms with van der Waals surface area (Å²) >= 11 is 0. The lowest BCUT2D eigenvalue weighted by atomic mass is 9.62. The van der Waals surface area contributed by atoms with Gasteiger partial charge < -0.3 is 0 Å². The SMILES string of the molecule is CC(C)c1cccc2c1CCCC21CC2C=CC1C2. The van der Waals surface area contributed by atoms with Gasteiger partial charge in [-0.1, -0.05) is 44.2 Å². The molecule has 0 heteroatoms. The van der Waals surface area contributed by atoms with E-state index in [1.807, 2.05) is 0 Å². The molecule has 1 spiro atoms. The van der Waals surface area contributed by atoms with Gasteiger partial charge >= 0.3 is 0 Å². The zero-order chi connectivity index (χ0) is 13.0. The summed E-state index contributed by atoms with van der Waals surface area (Å²) in [6.07, 6.45) is 12.0. The summed E-state index contributed by atoms with van der Waals surface area (Å²) in [5, 5.41) is 0. The first-order valence-electron chi connectivity index (χ1n) is 8.01. The molecule has 0 saturated heterocycles. The van der Waals surface area contributed by atoms with Crippen LogP contribution in [0, 0.1) is 11.8 Å². The molecule has 1 saturated carbocycles. The number of allylic oxidation sites excluding steroid dienone is 2. The van der Waals surface area contributed by atoms with Crippen molar-refractivity contribution < 1.29 is 0 Å². The van der Waals surface area contributed by atoms with Gasteiger partial charge in [-0.05, 0) is 66.5 Å². The van der Waals surface area contributed by atoms with Crippen LogP contribution in [-0.4, -0.2) is 0 Å². The zero-order valence-corrected chi connectivity index (χ0v) is 12.2. The molecule has 19 heavy (non-hydrogen) atoms. The van der Waals surface area contributed by atoms with E-state index in [9.17, 15) is 0 Å². The Morgan fingerprint density at radius 1 is 1.21 bits per heavy atom. The molecule has 3 aliphatic rings. The van der Waals surface area contributed by atoms with Crippen LogP contribution in [0.25, 0.3) is 0 Å². The Bertz CT molecular complexity index is 537. The van der Waals surface area contributed by atoms with Gasteiger partial charge in [-0.15, -0.1) is 0 Å². The largest absolute Gasteiger partial charge is 0.0851 e. The average Bonchev–Trinajstić information content (AvgIpc) is 2.99. The normalized spacial score (nSPS) is 35.3. The predicted molar refractivity (Wildman–Crippen MR) is 80.5 cm³/mol. The molecule has 0 aliphatic heterocycles. The topological polar surface area (TPSA) is 0 Å². The average molecular weight is 252 g/mol. The highest BCUT2D eigenvalue weighted by atomic mass is 14.5. The van der Waals surface area contributed by atoms with Gasteiger partial charge in [0.2, 0.25) is 0 Å². The molecule has 1 aromatic carbocycles. The third-order valence-corrected chi connectivity index (χ3v) is 5.93. The van der Waals surface area contributed by atoms with Gasteiger partial charge in [0.25, 0.3) is 0 Å². The van der Waals surface area contributed by atoms with Crippen LogP contribution in [0.1, 0.15) is 62.1 Å². The minimum atomic E-state index is 0.512. The molecule has 0 aromatic heterocycles. The monoisotopic (exact) mass is 252 g/mol. The Labute approximate surface area is 116 Å². The van der Waals surface area contributed by atoms with Crippen molar-refractivity contribution >= 4 is 0 Å². The minimum Gasteiger partial charge on any atom is -0.0851 e. The van der Waals surface area contributed by atoms with Crippen molar-refractivity contribution in [2.45, 2.75) is 57.3 Å². The molecule has 3 aliphatic carbocycles. The van der Waals surface area contributed by atoms with Crippen LogP contribution in [0.5, 0.6) is 0 Å². The zero-order valence-electron chi connectivity index (χ0n) is 12.2. The lowest BCUT2D eigenvalue weighted by Gasteiger charge is -2.42. The van der Waals surface area contributed by atoms with E-state index >= 15 is 0 Å². The molecule has 4 rings (SSSR count). The summed E-state index contributed by atoms with van der Waals surface area (Å²) in [5.74, 6) is 2.37. The van der Waals surface area contributed by atoms with Crippen molar-refractivity contribution in [1.82, 2.24) is 0 Å². The molecular formula is C19H24. The van der Waals surface area contributed by atoms with E-state index in [0.717, 1.165) is 11.8 Å². The second-order valence-corrected chi connectivity index (χ2v) is 7.23. The summed E-state index contributed by atoms with van der Waals surface area (Å²) in [4.78, 5) is 0. The summed E-state index contributed by atoms with van der Waals surface area (Å²) < 4.78 is 0. The third-order valence-electron chi connectivity index (χ3n) is 5.93. The van der Waals surface area contributed by atoms with Crippen LogP contribution >= 0.6 is 0 Å². The molecule has 0 heterocycles. The second kappa shape index (κ2) is 3.98. The number of hydrogen-bond donors (Lipinski definition) is 0. The predicted octanol–water partition coefficient (Wildman–Crippen LogP) is 4.98. The molecule has 0 N–H and O–H groups in total. The van der Waals surface area contributed by atoms with Gasteiger partial charge in [0.15, 0.2) is 0 Å². The van der Waals surface area contributed by atoms with E-state index in [1.165, 1.54) is 32.1 Å². The highest BCUT2D eigenvalue weighted by molar-refractivity contribution is 5.46. The maximum atomic E-state index is 2.53. The Hall–Kier alpha value is -1.04. The van der Waals surface area contributed by atoms with Crippen molar-refractivity contribution in [2.24, 2.45) is 11.8 Å². The Balaban J connectivity index is 1.88. The minimum absolute atomic E-state index is 0.512. The van der Waals surface area contributed by atoms with Gasteiger partial charge in [0, 0.05) is 5.41 Å². The molecule has 3 atom stereocenters. The van der Waals surface area contributed by atoms with Crippen LogP contribution in [0.2, 0.25) is 0 Å². The van der Waals surface area contributed by atoms with Crippen LogP contribution in [0.15, 0.2) is 30.4 Å². The number of rotatable bonds is 1. The highest BCUT2D eigenvalue weighted by Crippen LogP contribution is 2.58. The number of hydrogen-bond acceptors (Lipinski definition) is 0. The van der Waals surface area contributed by atoms with Gasteiger partial charge in [0.1, 0.15) is 0 Å². The molecule has 0 radical (unpaired) electrons. The Kier molecular flexibility index (Phi) is 2.46. The van der Waals surface area contributed by atoms with E-state index in [-0.39, 0.29) is 0 Å². The summed E-state index contributed by atoms with van der Waals surface area (Å²) in [6.45, 7) is 4.69. The molecule has 0 amide bonds. The van der Waals surface area contributed by atoms with Crippen LogP contribution in [-0.2, 0) is 11.8 Å². The fourth-order valence-corrected chi connectivity index (χ4v) is 5.16. The van der Waals surface area contributed by atoms with Gasteiger partial charge in [-0.25, -0.2) is 0 Å². The highest BCUT2D eigenvalue weighted by Gasteiger charge is 2.50. The van der Waals surface area contributed by atoms with Gasteiger partial charge in [-0.2, -0.15) is 0 Å². The van der Waals surface area contributed by atoms with E-state index in [0.29, 0.717) is 11.3 Å². The van der Waals surface area contributed by atoms with Crippen molar-refractivity contribution in [3.63, 3.8) is 0 Å². The fraction of sp³-hybridized carbons (Fsp3) is 0.579. The van der Waals surface area contributed by atoms with E-state index in [2.05, 4.69) is 44.2 Å². The third kappa shape index (κ3) is 1.52. The van der Waals surface area contributed by atoms with E-state index in [1.54, 1.807) is 16.7 Å². The summed E-state index contributed by atoms with van der Waals surface area (Å²) in [7, 11) is 0. The quantitative estimate of drug-likeness (QED) is 0.618. The molecule has 1 aromatic rings. The maximum absolute atomic E-state index is 2.53. The molecule has 2 bridgehead atoms. The van der Waals surface area contributed by atoms with Gasteiger partial charge in [-0.3, -0.25) is 0 Å². The van der Waals surface area contributed by atoms with Gasteiger partial charge in [0.05, 0.1) is 0 Å². The standard InChI is InChI=1S/C19H24/c1-13(2)16-5-3-7-18-17(16)6-4-10-19(18)12-14-8-9-15(19)11-14/h3,5,7-9,13-15H,4,6,10-12H2,1-2H3. The van der Waals surface area contributed by atoms with Crippen molar-refractivity contribution in [2.75, 3.05) is 0 Å². The summed E-state index contributed by atoms with van der Waals surface area (Å²) in [5.41, 5.74) is 5.56. The molecule has 0 nitrogen and oxygen atoms in total. The molecular weight excluding hydrogens is 228 g/mol. The molecule has 3 unspecified atom stereocenters. The van der Waals surface area contributed by atoms with E-state index < -0.39 is 0 Å². The lowest BCUT2D eigenvalue weighted by molar-refractivity contribution is 0.302. The number of fused-ring (bicyclic) bond motifs is 5.